The fourth-order valence-corrected chi connectivity index (χ4v) is 3.25. The number of benzene rings is 1. The topological polar surface area (TPSA) is 12.0 Å². The van der Waals surface area contributed by atoms with Gasteiger partial charge in [-0.15, -0.1) is 11.6 Å². The molecule has 3 unspecified atom stereocenters. The van der Waals surface area contributed by atoms with E-state index in [1.165, 1.54) is 19.3 Å². The van der Waals surface area contributed by atoms with E-state index in [1.54, 1.807) is 11.1 Å². The van der Waals surface area contributed by atoms with Gasteiger partial charge in [-0.3, -0.25) is 0 Å². The molecule has 3 atom stereocenters. The van der Waals surface area contributed by atoms with Crippen LogP contribution >= 0.6 is 11.6 Å². The van der Waals surface area contributed by atoms with Crippen LogP contribution in [0, 0.1) is 0 Å². The van der Waals surface area contributed by atoms with E-state index in [0.717, 1.165) is 13.0 Å². The summed E-state index contributed by atoms with van der Waals surface area (Å²) in [5.41, 5.74) is 3.11. The van der Waals surface area contributed by atoms with E-state index in [2.05, 4.69) is 43.4 Å². The van der Waals surface area contributed by atoms with Crippen molar-refractivity contribution in [3.05, 3.63) is 35.4 Å². The summed E-state index contributed by atoms with van der Waals surface area (Å²) >= 11 is 6.04. The molecule has 1 aliphatic carbocycles. The summed E-state index contributed by atoms with van der Waals surface area (Å²) in [6.45, 7) is 5.38. The van der Waals surface area contributed by atoms with Crippen molar-refractivity contribution in [2.24, 2.45) is 0 Å². The van der Waals surface area contributed by atoms with Crippen molar-refractivity contribution in [1.29, 1.82) is 0 Å². The molecule has 2 heteroatoms. The Kier molecular flexibility index (Phi) is 5.08. The van der Waals surface area contributed by atoms with Crippen LogP contribution in [0.25, 0.3) is 0 Å². The number of aryl methyl sites for hydroxylation is 1. The standard InChI is InChI=1S/C16H24ClN/c1-12(17)10-13(2)18-11-15-8-5-7-14-6-3-4-9-16(14)15/h3-4,6,9,12-13,15,18H,5,7-8,10-11H2,1-2H3. The molecule has 100 valence electrons. The van der Waals surface area contributed by atoms with Gasteiger partial charge >= 0.3 is 0 Å². The first-order valence-corrected chi connectivity index (χ1v) is 7.55. The van der Waals surface area contributed by atoms with E-state index in [4.69, 9.17) is 11.6 Å². The number of rotatable bonds is 5. The van der Waals surface area contributed by atoms with Crippen molar-refractivity contribution >= 4 is 11.6 Å². The van der Waals surface area contributed by atoms with E-state index < -0.39 is 0 Å². The second kappa shape index (κ2) is 6.58. The molecule has 1 aromatic rings. The summed E-state index contributed by atoms with van der Waals surface area (Å²) < 4.78 is 0. The minimum Gasteiger partial charge on any atom is -0.314 e. The van der Waals surface area contributed by atoms with Crippen molar-refractivity contribution in [2.75, 3.05) is 6.54 Å². The van der Waals surface area contributed by atoms with E-state index in [-0.39, 0.29) is 5.38 Å². The van der Waals surface area contributed by atoms with Crippen molar-refractivity contribution in [1.82, 2.24) is 5.32 Å². The molecule has 0 spiro atoms. The van der Waals surface area contributed by atoms with Crippen LogP contribution in [0.4, 0.5) is 0 Å². The maximum Gasteiger partial charge on any atom is 0.0322 e. The van der Waals surface area contributed by atoms with Crippen molar-refractivity contribution in [3.8, 4) is 0 Å². The predicted molar refractivity (Wildman–Crippen MR) is 79.5 cm³/mol. The minimum atomic E-state index is 0.256. The quantitative estimate of drug-likeness (QED) is 0.791. The first-order valence-electron chi connectivity index (χ1n) is 7.12. The predicted octanol–water partition coefficient (Wildman–Crippen LogP) is 4.10. The van der Waals surface area contributed by atoms with Crippen LogP contribution in [-0.2, 0) is 6.42 Å². The Morgan fingerprint density at radius 3 is 2.89 bits per heavy atom. The highest BCUT2D eigenvalue weighted by atomic mass is 35.5. The Labute approximate surface area is 116 Å². The molecule has 0 amide bonds. The molecular weight excluding hydrogens is 242 g/mol. The van der Waals surface area contributed by atoms with Crippen molar-refractivity contribution in [3.63, 3.8) is 0 Å². The third-order valence-electron chi connectivity index (χ3n) is 3.88. The molecule has 0 fully saturated rings. The average Bonchev–Trinajstić information content (AvgIpc) is 2.35. The second-order valence-corrected chi connectivity index (χ2v) is 6.36. The molecular formula is C16H24ClN. The Balaban J connectivity index is 1.91. The molecule has 0 bridgehead atoms. The molecule has 2 rings (SSSR count). The zero-order valence-electron chi connectivity index (χ0n) is 11.5. The van der Waals surface area contributed by atoms with Gasteiger partial charge in [0, 0.05) is 18.0 Å². The maximum absolute atomic E-state index is 6.04. The molecule has 1 aliphatic rings. The van der Waals surface area contributed by atoms with Crippen LogP contribution in [0.3, 0.4) is 0 Å². The minimum absolute atomic E-state index is 0.256. The smallest absolute Gasteiger partial charge is 0.0322 e. The summed E-state index contributed by atoms with van der Waals surface area (Å²) in [5, 5.41) is 3.90. The van der Waals surface area contributed by atoms with Gasteiger partial charge in [-0.2, -0.15) is 0 Å². The van der Waals surface area contributed by atoms with Gasteiger partial charge < -0.3 is 5.32 Å². The van der Waals surface area contributed by atoms with Gasteiger partial charge in [0.1, 0.15) is 0 Å². The van der Waals surface area contributed by atoms with E-state index in [9.17, 15) is 0 Å². The van der Waals surface area contributed by atoms with E-state index in [1.807, 2.05) is 0 Å². The first kappa shape index (κ1) is 13.9. The van der Waals surface area contributed by atoms with Crippen molar-refractivity contribution < 1.29 is 0 Å². The normalized spacial score (nSPS) is 22.3. The lowest BCUT2D eigenvalue weighted by Gasteiger charge is -2.27. The number of alkyl halides is 1. The molecule has 0 saturated heterocycles. The molecule has 1 aromatic carbocycles. The van der Waals surface area contributed by atoms with E-state index >= 15 is 0 Å². The van der Waals surface area contributed by atoms with Gasteiger partial charge in [-0.25, -0.2) is 0 Å². The SMILES string of the molecule is CC(Cl)CC(C)NCC1CCCc2ccccc21. The fourth-order valence-electron chi connectivity index (χ4n) is 2.98. The van der Waals surface area contributed by atoms with Gasteiger partial charge in [0.2, 0.25) is 0 Å². The van der Waals surface area contributed by atoms with Crippen LogP contribution in [-0.4, -0.2) is 18.0 Å². The largest absolute Gasteiger partial charge is 0.314 e. The third-order valence-corrected chi connectivity index (χ3v) is 4.06. The lowest BCUT2D eigenvalue weighted by Crippen LogP contribution is -2.33. The van der Waals surface area contributed by atoms with Gasteiger partial charge in [-0.05, 0) is 56.6 Å². The highest BCUT2D eigenvalue weighted by Crippen LogP contribution is 2.30. The van der Waals surface area contributed by atoms with Crippen LogP contribution in [0.1, 0.15) is 50.2 Å². The molecule has 0 heterocycles. The van der Waals surface area contributed by atoms with Crippen LogP contribution in [0.5, 0.6) is 0 Å². The Bertz CT molecular complexity index is 375. The summed E-state index contributed by atoms with van der Waals surface area (Å²) in [7, 11) is 0. The first-order chi connectivity index (χ1) is 8.66. The molecule has 1 nitrogen and oxygen atoms in total. The Morgan fingerprint density at radius 2 is 2.11 bits per heavy atom. The molecule has 1 N–H and O–H groups in total. The zero-order chi connectivity index (χ0) is 13.0. The van der Waals surface area contributed by atoms with Gasteiger partial charge in [0.15, 0.2) is 0 Å². The summed E-state index contributed by atoms with van der Waals surface area (Å²) in [4.78, 5) is 0. The highest BCUT2D eigenvalue weighted by Gasteiger charge is 2.20. The molecule has 18 heavy (non-hydrogen) atoms. The van der Waals surface area contributed by atoms with Gasteiger partial charge in [0.05, 0.1) is 0 Å². The van der Waals surface area contributed by atoms with Crippen molar-refractivity contribution in [2.45, 2.75) is 56.9 Å². The molecule has 0 aliphatic heterocycles. The number of halogens is 1. The zero-order valence-corrected chi connectivity index (χ0v) is 12.2. The number of fused-ring (bicyclic) bond motifs is 1. The number of hydrogen-bond acceptors (Lipinski definition) is 1. The molecule has 0 radical (unpaired) electrons. The summed E-state index contributed by atoms with van der Waals surface area (Å²) in [5.74, 6) is 0.683. The second-order valence-electron chi connectivity index (χ2n) is 5.61. The molecule has 0 aromatic heterocycles. The van der Waals surface area contributed by atoms with Crippen LogP contribution in [0.2, 0.25) is 0 Å². The summed E-state index contributed by atoms with van der Waals surface area (Å²) in [6.07, 6.45) is 4.92. The van der Waals surface area contributed by atoms with Gasteiger partial charge in [-0.1, -0.05) is 24.3 Å². The van der Waals surface area contributed by atoms with E-state index in [0.29, 0.717) is 12.0 Å². The van der Waals surface area contributed by atoms with Crippen LogP contribution in [0.15, 0.2) is 24.3 Å². The van der Waals surface area contributed by atoms with Gasteiger partial charge in [0.25, 0.3) is 0 Å². The maximum atomic E-state index is 6.04. The number of nitrogens with one attached hydrogen (secondary N) is 1. The average molecular weight is 266 g/mol. The Hall–Kier alpha value is -0.530. The Morgan fingerprint density at radius 1 is 1.33 bits per heavy atom. The number of hydrogen-bond donors (Lipinski definition) is 1. The summed E-state index contributed by atoms with van der Waals surface area (Å²) in [6, 6.07) is 9.42. The highest BCUT2D eigenvalue weighted by molar-refractivity contribution is 6.20. The lowest BCUT2D eigenvalue weighted by atomic mass is 9.83. The monoisotopic (exact) mass is 265 g/mol. The third kappa shape index (κ3) is 3.73. The van der Waals surface area contributed by atoms with Crippen LogP contribution < -0.4 is 5.32 Å². The molecule has 0 saturated carbocycles. The fraction of sp³-hybridized carbons (Fsp3) is 0.625. The lowest BCUT2D eigenvalue weighted by molar-refractivity contribution is 0.449.